The molecule has 0 radical (unpaired) electrons. The summed E-state index contributed by atoms with van der Waals surface area (Å²) in [4.78, 5) is 27.4. The summed E-state index contributed by atoms with van der Waals surface area (Å²) in [6.45, 7) is 0. The Bertz CT molecular complexity index is 842. The fourth-order valence-electron chi connectivity index (χ4n) is 1.96. The molecule has 0 spiro atoms. The van der Waals surface area contributed by atoms with Crippen molar-refractivity contribution < 1.29 is 0 Å². The SMILES string of the molecule is Cn1c(=O)ccn(-c2ccc(-n3ccnc3)cc2)c1=O. The average molecular weight is 268 g/mol. The van der Waals surface area contributed by atoms with E-state index in [1.165, 1.54) is 23.9 Å². The molecule has 0 fully saturated rings. The van der Waals surface area contributed by atoms with Gasteiger partial charge >= 0.3 is 5.69 Å². The van der Waals surface area contributed by atoms with Crippen molar-refractivity contribution in [2.24, 2.45) is 7.05 Å². The van der Waals surface area contributed by atoms with Gasteiger partial charge in [-0.25, -0.2) is 9.78 Å². The van der Waals surface area contributed by atoms with Crippen molar-refractivity contribution in [2.45, 2.75) is 0 Å². The van der Waals surface area contributed by atoms with Crippen LogP contribution in [0, 0.1) is 0 Å². The number of imidazole rings is 1. The van der Waals surface area contributed by atoms with Crippen molar-refractivity contribution in [1.82, 2.24) is 18.7 Å². The quantitative estimate of drug-likeness (QED) is 0.688. The molecule has 6 heteroatoms. The van der Waals surface area contributed by atoms with E-state index in [0.717, 1.165) is 10.3 Å². The highest BCUT2D eigenvalue weighted by Crippen LogP contribution is 2.11. The molecule has 0 amide bonds. The third kappa shape index (κ3) is 1.97. The molecular formula is C14H12N4O2. The molecule has 0 saturated carbocycles. The van der Waals surface area contributed by atoms with Crippen molar-refractivity contribution in [2.75, 3.05) is 0 Å². The fourth-order valence-corrected chi connectivity index (χ4v) is 1.96. The average Bonchev–Trinajstić information content (AvgIpc) is 3.00. The molecule has 6 nitrogen and oxygen atoms in total. The summed E-state index contributed by atoms with van der Waals surface area (Å²) in [7, 11) is 1.46. The van der Waals surface area contributed by atoms with Gasteiger partial charge in [0.15, 0.2) is 0 Å². The van der Waals surface area contributed by atoms with E-state index in [4.69, 9.17) is 0 Å². The third-order valence-electron chi connectivity index (χ3n) is 3.12. The van der Waals surface area contributed by atoms with Crippen LogP contribution in [0.3, 0.4) is 0 Å². The number of rotatable bonds is 2. The van der Waals surface area contributed by atoms with Gasteiger partial charge in [-0.3, -0.25) is 13.9 Å². The zero-order valence-electron chi connectivity index (χ0n) is 10.8. The van der Waals surface area contributed by atoms with Crippen LogP contribution in [0.2, 0.25) is 0 Å². The smallest absolute Gasteiger partial charge is 0.306 e. The molecule has 2 aromatic heterocycles. The summed E-state index contributed by atoms with van der Waals surface area (Å²) in [5, 5.41) is 0. The number of hydrogen-bond acceptors (Lipinski definition) is 3. The van der Waals surface area contributed by atoms with Crippen LogP contribution >= 0.6 is 0 Å². The molecule has 0 atom stereocenters. The first-order chi connectivity index (χ1) is 9.66. The van der Waals surface area contributed by atoms with Gasteiger partial charge in [0, 0.05) is 37.4 Å². The predicted molar refractivity (Wildman–Crippen MR) is 74.4 cm³/mol. The Labute approximate surface area is 114 Å². The molecule has 0 N–H and O–H groups in total. The van der Waals surface area contributed by atoms with Gasteiger partial charge in [-0.05, 0) is 24.3 Å². The van der Waals surface area contributed by atoms with E-state index in [1.807, 2.05) is 35.0 Å². The molecule has 0 unspecified atom stereocenters. The van der Waals surface area contributed by atoms with E-state index in [2.05, 4.69) is 4.98 Å². The van der Waals surface area contributed by atoms with Gasteiger partial charge in [-0.1, -0.05) is 0 Å². The molecule has 1 aromatic carbocycles. The van der Waals surface area contributed by atoms with Crippen molar-refractivity contribution in [3.8, 4) is 11.4 Å². The second-order valence-electron chi connectivity index (χ2n) is 4.35. The van der Waals surface area contributed by atoms with Crippen molar-refractivity contribution >= 4 is 0 Å². The van der Waals surface area contributed by atoms with Crippen LogP contribution in [0.1, 0.15) is 0 Å². The lowest BCUT2D eigenvalue weighted by Gasteiger charge is -2.08. The second-order valence-corrected chi connectivity index (χ2v) is 4.35. The van der Waals surface area contributed by atoms with Crippen LogP contribution in [-0.4, -0.2) is 18.7 Å². The van der Waals surface area contributed by atoms with Gasteiger partial charge in [-0.15, -0.1) is 0 Å². The lowest BCUT2D eigenvalue weighted by Crippen LogP contribution is -2.36. The Kier molecular flexibility index (Phi) is 2.83. The Hall–Kier alpha value is -2.89. The van der Waals surface area contributed by atoms with Gasteiger partial charge in [-0.2, -0.15) is 0 Å². The van der Waals surface area contributed by atoms with E-state index >= 15 is 0 Å². The van der Waals surface area contributed by atoms with Gasteiger partial charge in [0.05, 0.1) is 12.0 Å². The highest BCUT2D eigenvalue weighted by Gasteiger charge is 2.04. The van der Waals surface area contributed by atoms with Crippen LogP contribution in [0.4, 0.5) is 0 Å². The molecule has 0 aliphatic heterocycles. The Balaban J connectivity index is 2.06. The highest BCUT2D eigenvalue weighted by molar-refractivity contribution is 5.41. The molecule has 3 aromatic rings. The fraction of sp³-hybridized carbons (Fsp3) is 0.0714. The molecule has 20 heavy (non-hydrogen) atoms. The number of aromatic nitrogens is 4. The third-order valence-corrected chi connectivity index (χ3v) is 3.12. The van der Waals surface area contributed by atoms with Crippen LogP contribution < -0.4 is 11.2 Å². The largest absolute Gasteiger partial charge is 0.335 e. The molecule has 0 aliphatic rings. The molecule has 0 saturated heterocycles. The van der Waals surface area contributed by atoms with Gasteiger partial charge in [0.2, 0.25) is 0 Å². The van der Waals surface area contributed by atoms with E-state index in [-0.39, 0.29) is 11.2 Å². The van der Waals surface area contributed by atoms with Gasteiger partial charge in [0.25, 0.3) is 5.56 Å². The summed E-state index contributed by atoms with van der Waals surface area (Å²) in [5.41, 5.74) is 0.966. The van der Waals surface area contributed by atoms with Crippen molar-refractivity contribution in [3.63, 3.8) is 0 Å². The first kappa shape index (κ1) is 12.2. The van der Waals surface area contributed by atoms with Crippen LogP contribution in [0.15, 0.2) is 64.8 Å². The topological polar surface area (TPSA) is 61.8 Å². The van der Waals surface area contributed by atoms with Crippen molar-refractivity contribution in [3.05, 3.63) is 76.1 Å². The van der Waals surface area contributed by atoms with Crippen molar-refractivity contribution in [1.29, 1.82) is 0 Å². The monoisotopic (exact) mass is 268 g/mol. The Morgan fingerprint density at radius 3 is 2.30 bits per heavy atom. The summed E-state index contributed by atoms with van der Waals surface area (Å²) in [5.74, 6) is 0. The maximum atomic E-state index is 12.0. The summed E-state index contributed by atoms with van der Waals surface area (Å²) < 4.78 is 4.37. The zero-order chi connectivity index (χ0) is 14.1. The van der Waals surface area contributed by atoms with Gasteiger partial charge < -0.3 is 4.57 Å². The van der Waals surface area contributed by atoms with E-state index in [0.29, 0.717) is 5.69 Å². The lowest BCUT2D eigenvalue weighted by molar-refractivity contribution is 0.728. The maximum Gasteiger partial charge on any atom is 0.335 e. The minimum Gasteiger partial charge on any atom is -0.306 e. The van der Waals surface area contributed by atoms with Crippen LogP contribution in [-0.2, 0) is 7.05 Å². The molecule has 0 aliphatic carbocycles. The molecular weight excluding hydrogens is 256 g/mol. The summed E-state index contributed by atoms with van der Waals surface area (Å²) >= 11 is 0. The molecule has 100 valence electrons. The summed E-state index contributed by atoms with van der Waals surface area (Å²) in [6.07, 6.45) is 6.73. The van der Waals surface area contributed by atoms with Crippen LogP contribution in [0.25, 0.3) is 11.4 Å². The highest BCUT2D eigenvalue weighted by atomic mass is 16.2. The minimum atomic E-state index is -0.368. The Morgan fingerprint density at radius 2 is 1.65 bits per heavy atom. The minimum absolute atomic E-state index is 0.318. The van der Waals surface area contributed by atoms with Crippen LogP contribution in [0.5, 0.6) is 0 Å². The summed E-state index contributed by atoms with van der Waals surface area (Å²) in [6, 6.07) is 8.77. The normalized spacial score (nSPS) is 10.7. The molecule has 2 heterocycles. The first-order valence-electron chi connectivity index (χ1n) is 6.04. The molecule has 0 bridgehead atoms. The van der Waals surface area contributed by atoms with E-state index in [1.54, 1.807) is 12.5 Å². The first-order valence-corrected chi connectivity index (χ1v) is 6.04. The number of benzene rings is 1. The number of nitrogens with zero attached hydrogens (tertiary/aromatic N) is 4. The Morgan fingerprint density at radius 1 is 0.950 bits per heavy atom. The van der Waals surface area contributed by atoms with E-state index < -0.39 is 0 Å². The number of hydrogen-bond donors (Lipinski definition) is 0. The second kappa shape index (κ2) is 4.65. The molecule has 3 rings (SSSR count). The van der Waals surface area contributed by atoms with E-state index in [9.17, 15) is 9.59 Å². The van der Waals surface area contributed by atoms with Gasteiger partial charge in [0.1, 0.15) is 0 Å². The maximum absolute atomic E-state index is 12.0. The lowest BCUT2D eigenvalue weighted by atomic mass is 10.2. The predicted octanol–water partition coefficient (Wildman–Crippen LogP) is 0.722. The zero-order valence-corrected chi connectivity index (χ0v) is 10.8. The standard InChI is InChI=1S/C14H12N4O2/c1-16-13(19)6-8-18(14(16)20)12-4-2-11(3-5-12)17-9-7-15-10-17/h2-10H,1H3.